The number of aryl methyl sites for hydroxylation is 1. The highest BCUT2D eigenvalue weighted by molar-refractivity contribution is 7.89. The van der Waals surface area contributed by atoms with E-state index in [0.29, 0.717) is 5.69 Å². The maximum atomic E-state index is 13.3. The molecular weight excluding hydrogens is 373 g/mol. The number of rotatable bonds is 4. The van der Waals surface area contributed by atoms with Gasteiger partial charge in [0, 0.05) is 33.4 Å². The van der Waals surface area contributed by atoms with Gasteiger partial charge in [-0.1, -0.05) is 0 Å². The number of nitrogens with one attached hydrogen (secondary N) is 1. The zero-order valence-corrected chi connectivity index (χ0v) is 15.4. The predicted octanol–water partition coefficient (Wildman–Crippen LogP) is 1.35. The topological polar surface area (TPSA) is 82.6 Å². The van der Waals surface area contributed by atoms with Crippen LogP contribution < -0.4 is 5.32 Å². The molecule has 0 saturated carbocycles. The third kappa shape index (κ3) is 4.44. The van der Waals surface area contributed by atoms with Gasteiger partial charge in [-0.05, 0) is 24.6 Å². The van der Waals surface area contributed by atoms with Crippen LogP contribution in [0.4, 0.5) is 18.0 Å². The lowest BCUT2D eigenvalue weighted by Gasteiger charge is -2.23. The molecule has 0 spiro atoms. The lowest BCUT2D eigenvalue weighted by Crippen LogP contribution is -2.43. The number of pyridine rings is 1. The van der Waals surface area contributed by atoms with E-state index in [-0.39, 0.29) is 6.54 Å². The van der Waals surface area contributed by atoms with E-state index in [4.69, 9.17) is 0 Å². The molecule has 1 aromatic heterocycles. The summed E-state index contributed by atoms with van der Waals surface area (Å²) in [7, 11) is -1.82. The molecule has 26 heavy (non-hydrogen) atoms. The maximum Gasteiger partial charge on any atom is 0.394 e. The summed E-state index contributed by atoms with van der Waals surface area (Å²) >= 11 is 0. The first kappa shape index (κ1) is 20.4. The zero-order valence-electron chi connectivity index (χ0n) is 14.6. The first-order valence-corrected chi connectivity index (χ1v) is 9.35. The van der Waals surface area contributed by atoms with Crippen LogP contribution in [0.2, 0.25) is 0 Å². The number of aromatic nitrogens is 1. The molecule has 146 valence electrons. The Balaban J connectivity index is 2.11. The van der Waals surface area contributed by atoms with Crippen LogP contribution in [0, 0.1) is 12.8 Å². The first-order valence-electron chi connectivity index (χ1n) is 7.85. The highest BCUT2D eigenvalue weighted by Gasteiger charge is 2.55. The molecule has 0 aliphatic carbocycles. The van der Waals surface area contributed by atoms with Crippen LogP contribution in [0.5, 0.6) is 0 Å². The summed E-state index contributed by atoms with van der Waals surface area (Å²) in [6.07, 6.45) is -3.16. The molecule has 0 bridgehead atoms. The second-order valence-corrected chi connectivity index (χ2v) is 8.77. The van der Waals surface area contributed by atoms with Crippen LogP contribution in [-0.4, -0.2) is 67.2 Å². The number of hydrogen-bond acceptors (Lipinski definition) is 4. The Morgan fingerprint density at radius 3 is 2.58 bits per heavy atom. The summed E-state index contributed by atoms with van der Waals surface area (Å²) < 4.78 is 65.1. The number of alkyl halides is 3. The molecule has 2 heterocycles. The van der Waals surface area contributed by atoms with E-state index in [1.165, 1.54) is 14.1 Å². The molecular formula is C15H21F3N4O3S. The molecule has 1 aliphatic heterocycles. The van der Waals surface area contributed by atoms with Gasteiger partial charge in [0.1, 0.15) is 5.25 Å². The highest BCUT2D eigenvalue weighted by atomic mass is 32.2. The molecule has 7 nitrogen and oxygen atoms in total. The van der Waals surface area contributed by atoms with Gasteiger partial charge in [-0.2, -0.15) is 13.2 Å². The summed E-state index contributed by atoms with van der Waals surface area (Å²) in [4.78, 5) is 17.2. The van der Waals surface area contributed by atoms with Gasteiger partial charge in [0.15, 0.2) is 0 Å². The minimum atomic E-state index is -4.72. The van der Waals surface area contributed by atoms with Gasteiger partial charge in [-0.25, -0.2) is 17.5 Å². The third-order valence-electron chi connectivity index (χ3n) is 4.26. The maximum absolute atomic E-state index is 13.3. The molecule has 1 aromatic rings. The number of amides is 2. The van der Waals surface area contributed by atoms with Crippen LogP contribution in [0.3, 0.4) is 0 Å². The fourth-order valence-corrected chi connectivity index (χ4v) is 4.37. The van der Waals surface area contributed by atoms with E-state index in [1.807, 2.05) is 6.92 Å². The van der Waals surface area contributed by atoms with Crippen LogP contribution >= 0.6 is 0 Å². The Labute approximate surface area is 150 Å². The Kier molecular flexibility index (Phi) is 5.81. The fourth-order valence-electron chi connectivity index (χ4n) is 2.80. The fraction of sp³-hybridized carbons (Fsp3) is 0.600. The normalized spacial score (nSPS) is 21.3. The molecule has 1 fully saturated rings. The van der Waals surface area contributed by atoms with Gasteiger partial charge in [0.2, 0.25) is 10.0 Å². The van der Waals surface area contributed by atoms with Crippen molar-refractivity contribution in [3.05, 3.63) is 29.6 Å². The molecule has 2 atom stereocenters. The van der Waals surface area contributed by atoms with Gasteiger partial charge in [-0.15, -0.1) is 0 Å². The lowest BCUT2D eigenvalue weighted by atomic mass is 10.1. The van der Waals surface area contributed by atoms with E-state index < -0.39 is 46.5 Å². The molecule has 0 aromatic carbocycles. The lowest BCUT2D eigenvalue weighted by molar-refractivity contribution is -0.169. The molecule has 0 unspecified atom stereocenters. The SMILES string of the molecule is Cc1ccnc(CNC(=O)N2C[C@@H](C(F)(F)F)[C@H](S(=O)(=O)N(C)C)C2)c1. The van der Waals surface area contributed by atoms with Gasteiger partial charge in [0.25, 0.3) is 0 Å². The van der Waals surface area contributed by atoms with Crippen molar-refractivity contribution in [3.8, 4) is 0 Å². The summed E-state index contributed by atoms with van der Waals surface area (Å²) in [5.74, 6) is -2.13. The van der Waals surface area contributed by atoms with Crippen molar-refractivity contribution >= 4 is 16.1 Å². The number of sulfonamides is 1. The van der Waals surface area contributed by atoms with Crippen molar-refractivity contribution in [1.82, 2.24) is 19.5 Å². The number of hydrogen-bond donors (Lipinski definition) is 1. The summed E-state index contributed by atoms with van der Waals surface area (Å²) in [5.41, 5.74) is 1.49. The number of urea groups is 1. The Bertz CT molecular complexity index is 768. The van der Waals surface area contributed by atoms with Crippen LogP contribution in [0.15, 0.2) is 18.3 Å². The molecule has 1 saturated heterocycles. The van der Waals surface area contributed by atoms with Crippen molar-refractivity contribution < 1.29 is 26.4 Å². The number of carbonyl (C=O) groups is 1. The van der Waals surface area contributed by atoms with Crippen molar-refractivity contribution in [2.24, 2.45) is 5.92 Å². The second-order valence-electron chi connectivity index (χ2n) is 6.40. The van der Waals surface area contributed by atoms with E-state index in [2.05, 4.69) is 10.3 Å². The smallest absolute Gasteiger partial charge is 0.332 e. The predicted molar refractivity (Wildman–Crippen MR) is 88.7 cm³/mol. The minimum absolute atomic E-state index is 0.0405. The Morgan fingerprint density at radius 1 is 1.38 bits per heavy atom. The minimum Gasteiger partial charge on any atom is -0.332 e. The van der Waals surface area contributed by atoms with E-state index in [9.17, 15) is 26.4 Å². The van der Waals surface area contributed by atoms with Crippen molar-refractivity contribution in [3.63, 3.8) is 0 Å². The van der Waals surface area contributed by atoms with Crippen LogP contribution in [0.1, 0.15) is 11.3 Å². The van der Waals surface area contributed by atoms with Crippen molar-refractivity contribution in [2.75, 3.05) is 27.2 Å². The number of halogens is 3. The summed E-state index contributed by atoms with van der Waals surface area (Å²) in [5, 5.41) is 0.768. The molecule has 1 aliphatic rings. The van der Waals surface area contributed by atoms with E-state index in [0.717, 1.165) is 14.8 Å². The van der Waals surface area contributed by atoms with Crippen molar-refractivity contribution in [1.29, 1.82) is 0 Å². The first-order chi connectivity index (χ1) is 11.9. The number of nitrogens with zero attached hydrogens (tertiary/aromatic N) is 3. The largest absolute Gasteiger partial charge is 0.394 e. The van der Waals surface area contributed by atoms with Crippen LogP contribution in [0.25, 0.3) is 0 Å². The van der Waals surface area contributed by atoms with Crippen molar-refractivity contribution in [2.45, 2.75) is 24.9 Å². The quantitative estimate of drug-likeness (QED) is 0.836. The number of carbonyl (C=O) groups excluding carboxylic acids is 1. The Morgan fingerprint density at radius 2 is 2.04 bits per heavy atom. The molecule has 0 radical (unpaired) electrons. The second kappa shape index (κ2) is 7.39. The standard InChI is InChI=1S/C15H21F3N4O3S/c1-10-4-5-19-11(6-10)7-20-14(23)22-8-12(15(16,17)18)13(9-22)26(24,25)21(2)3/h4-6,12-13H,7-9H2,1-3H3,(H,20,23)/t12-,13-/m1/s1. The average Bonchev–Trinajstić information content (AvgIpc) is 2.99. The zero-order chi connectivity index (χ0) is 19.7. The molecule has 1 N–H and O–H groups in total. The van der Waals surface area contributed by atoms with Gasteiger partial charge < -0.3 is 10.2 Å². The van der Waals surface area contributed by atoms with E-state index >= 15 is 0 Å². The monoisotopic (exact) mass is 394 g/mol. The highest BCUT2D eigenvalue weighted by Crippen LogP contribution is 2.37. The van der Waals surface area contributed by atoms with Gasteiger partial charge >= 0.3 is 12.2 Å². The molecule has 2 amide bonds. The van der Waals surface area contributed by atoms with Crippen LogP contribution in [-0.2, 0) is 16.6 Å². The molecule has 2 rings (SSSR count). The summed E-state index contributed by atoms with van der Waals surface area (Å²) in [6, 6.07) is 2.76. The van der Waals surface area contributed by atoms with Gasteiger partial charge in [-0.3, -0.25) is 4.98 Å². The van der Waals surface area contributed by atoms with Gasteiger partial charge in [0.05, 0.1) is 18.2 Å². The third-order valence-corrected chi connectivity index (χ3v) is 6.52. The molecule has 11 heteroatoms. The number of likely N-dealkylation sites (tertiary alicyclic amines) is 1. The Hall–Kier alpha value is -1.88. The summed E-state index contributed by atoms with van der Waals surface area (Å²) in [6.45, 7) is 0.670. The van der Waals surface area contributed by atoms with E-state index in [1.54, 1.807) is 18.3 Å². The average molecular weight is 394 g/mol.